The molecule has 19 heavy (non-hydrogen) atoms. The van der Waals surface area contributed by atoms with Crippen molar-refractivity contribution in [3.63, 3.8) is 0 Å². The summed E-state index contributed by atoms with van der Waals surface area (Å²) >= 11 is 0. The molecule has 102 valence electrons. The van der Waals surface area contributed by atoms with Crippen LogP contribution in [0.5, 0.6) is 0 Å². The SMILES string of the molecule is Cc1cccc(C(=O)N2CCOC(C(N)=NO)C2)n1. The third-order valence-electron chi connectivity index (χ3n) is 2.91. The quantitative estimate of drug-likeness (QED) is 0.338. The van der Waals surface area contributed by atoms with Crippen LogP contribution in [0.25, 0.3) is 0 Å². The van der Waals surface area contributed by atoms with Gasteiger partial charge in [-0.25, -0.2) is 4.98 Å². The lowest BCUT2D eigenvalue weighted by molar-refractivity contribution is 0.00647. The topological polar surface area (TPSA) is 101 Å². The fourth-order valence-corrected chi connectivity index (χ4v) is 1.90. The standard InChI is InChI=1S/C12H16N4O3/c1-8-3-2-4-9(14-8)12(17)16-5-6-19-10(7-16)11(13)15-18/h2-4,10,18H,5-7H2,1H3,(H2,13,15). The number of hydrogen-bond acceptors (Lipinski definition) is 5. The van der Waals surface area contributed by atoms with Gasteiger partial charge < -0.3 is 20.6 Å². The number of oxime groups is 1. The van der Waals surface area contributed by atoms with E-state index in [0.29, 0.717) is 18.8 Å². The smallest absolute Gasteiger partial charge is 0.272 e. The number of aromatic nitrogens is 1. The lowest BCUT2D eigenvalue weighted by Gasteiger charge is -2.32. The number of amides is 1. The normalized spacial score (nSPS) is 20.4. The summed E-state index contributed by atoms with van der Waals surface area (Å²) in [5, 5.41) is 11.5. The highest BCUT2D eigenvalue weighted by molar-refractivity contribution is 5.93. The zero-order valence-electron chi connectivity index (χ0n) is 10.6. The van der Waals surface area contributed by atoms with E-state index in [9.17, 15) is 4.79 Å². The highest BCUT2D eigenvalue weighted by Gasteiger charge is 2.28. The number of nitrogens with zero attached hydrogens (tertiary/aromatic N) is 3. The first-order valence-electron chi connectivity index (χ1n) is 5.93. The maximum atomic E-state index is 12.3. The molecule has 1 unspecified atom stereocenters. The van der Waals surface area contributed by atoms with E-state index in [4.69, 9.17) is 15.7 Å². The van der Waals surface area contributed by atoms with Crippen molar-refractivity contribution in [1.29, 1.82) is 0 Å². The molecule has 0 bridgehead atoms. The molecular formula is C12H16N4O3. The molecule has 1 aromatic rings. The summed E-state index contributed by atoms with van der Waals surface area (Å²) in [6.07, 6.45) is -0.576. The molecule has 3 N–H and O–H groups in total. The van der Waals surface area contributed by atoms with Gasteiger partial charge in [0, 0.05) is 12.2 Å². The molecule has 1 fully saturated rings. The molecule has 1 saturated heterocycles. The maximum Gasteiger partial charge on any atom is 0.272 e. The lowest BCUT2D eigenvalue weighted by atomic mass is 10.2. The Morgan fingerprint density at radius 3 is 3.11 bits per heavy atom. The summed E-state index contributed by atoms with van der Waals surface area (Å²) in [4.78, 5) is 18.1. The Kier molecular flexibility index (Phi) is 3.96. The molecule has 1 aliphatic heterocycles. The number of ether oxygens (including phenoxy) is 1. The van der Waals surface area contributed by atoms with Crippen LogP contribution < -0.4 is 5.73 Å². The third kappa shape index (κ3) is 3.00. The average Bonchev–Trinajstić information content (AvgIpc) is 2.45. The van der Waals surface area contributed by atoms with Gasteiger partial charge in [0.1, 0.15) is 11.8 Å². The van der Waals surface area contributed by atoms with Crippen molar-refractivity contribution < 1.29 is 14.7 Å². The monoisotopic (exact) mass is 264 g/mol. The molecule has 1 aromatic heterocycles. The zero-order chi connectivity index (χ0) is 13.8. The van der Waals surface area contributed by atoms with Crippen molar-refractivity contribution in [2.75, 3.05) is 19.7 Å². The first kappa shape index (κ1) is 13.3. The van der Waals surface area contributed by atoms with E-state index < -0.39 is 6.10 Å². The van der Waals surface area contributed by atoms with Gasteiger partial charge in [-0.2, -0.15) is 0 Å². The number of rotatable bonds is 2. The van der Waals surface area contributed by atoms with Crippen LogP contribution in [-0.2, 0) is 4.74 Å². The van der Waals surface area contributed by atoms with Gasteiger partial charge in [0.2, 0.25) is 0 Å². The van der Waals surface area contributed by atoms with E-state index in [-0.39, 0.29) is 18.3 Å². The van der Waals surface area contributed by atoms with Crippen LogP contribution in [0.2, 0.25) is 0 Å². The van der Waals surface area contributed by atoms with Crippen LogP contribution in [0.3, 0.4) is 0 Å². The van der Waals surface area contributed by atoms with Crippen LogP contribution in [0.1, 0.15) is 16.2 Å². The fourth-order valence-electron chi connectivity index (χ4n) is 1.90. The number of morpholine rings is 1. The second kappa shape index (κ2) is 5.66. The Morgan fingerprint density at radius 2 is 2.42 bits per heavy atom. The molecule has 2 rings (SSSR count). The molecule has 0 spiro atoms. The summed E-state index contributed by atoms with van der Waals surface area (Å²) in [5.74, 6) is -0.211. The van der Waals surface area contributed by atoms with E-state index in [2.05, 4.69) is 10.1 Å². The molecule has 0 aliphatic carbocycles. The van der Waals surface area contributed by atoms with Crippen LogP contribution in [0, 0.1) is 6.92 Å². The zero-order valence-corrected chi connectivity index (χ0v) is 10.6. The van der Waals surface area contributed by atoms with Crippen LogP contribution in [0.4, 0.5) is 0 Å². The largest absolute Gasteiger partial charge is 0.409 e. The second-order valence-corrected chi connectivity index (χ2v) is 4.30. The average molecular weight is 264 g/mol. The van der Waals surface area contributed by atoms with Gasteiger partial charge in [-0.05, 0) is 19.1 Å². The molecule has 0 radical (unpaired) electrons. The highest BCUT2D eigenvalue weighted by atomic mass is 16.5. The Balaban J connectivity index is 2.11. The Morgan fingerprint density at radius 1 is 1.63 bits per heavy atom. The first-order valence-corrected chi connectivity index (χ1v) is 5.93. The number of carbonyl (C=O) groups excluding carboxylic acids is 1. The number of carbonyl (C=O) groups is 1. The van der Waals surface area contributed by atoms with E-state index in [1.54, 1.807) is 17.0 Å². The first-order chi connectivity index (χ1) is 9.11. The molecule has 0 saturated carbocycles. The van der Waals surface area contributed by atoms with Crippen LogP contribution in [-0.4, -0.2) is 52.6 Å². The van der Waals surface area contributed by atoms with Crippen molar-refractivity contribution in [2.24, 2.45) is 10.9 Å². The molecule has 7 heteroatoms. The van der Waals surface area contributed by atoms with Crippen molar-refractivity contribution >= 4 is 11.7 Å². The number of aryl methyl sites for hydroxylation is 1. The summed E-state index contributed by atoms with van der Waals surface area (Å²) in [7, 11) is 0. The van der Waals surface area contributed by atoms with E-state index in [0.717, 1.165) is 5.69 Å². The summed E-state index contributed by atoms with van der Waals surface area (Å²) in [6.45, 7) is 2.89. The highest BCUT2D eigenvalue weighted by Crippen LogP contribution is 2.10. The minimum Gasteiger partial charge on any atom is -0.409 e. The van der Waals surface area contributed by atoms with Gasteiger partial charge in [0.25, 0.3) is 5.91 Å². The van der Waals surface area contributed by atoms with Crippen LogP contribution in [0.15, 0.2) is 23.4 Å². The van der Waals surface area contributed by atoms with Crippen molar-refractivity contribution in [1.82, 2.24) is 9.88 Å². The molecule has 7 nitrogen and oxygen atoms in total. The number of amidine groups is 1. The lowest BCUT2D eigenvalue weighted by Crippen LogP contribution is -2.50. The third-order valence-corrected chi connectivity index (χ3v) is 2.91. The van der Waals surface area contributed by atoms with Crippen molar-refractivity contribution in [2.45, 2.75) is 13.0 Å². The predicted molar refractivity (Wildman–Crippen MR) is 68.0 cm³/mol. The van der Waals surface area contributed by atoms with Gasteiger partial charge in [0.15, 0.2) is 5.84 Å². The van der Waals surface area contributed by atoms with Crippen molar-refractivity contribution in [3.8, 4) is 0 Å². The van der Waals surface area contributed by atoms with E-state index >= 15 is 0 Å². The molecule has 0 aromatic carbocycles. The molecule has 1 atom stereocenters. The van der Waals surface area contributed by atoms with Crippen molar-refractivity contribution in [3.05, 3.63) is 29.6 Å². The number of hydrogen-bond donors (Lipinski definition) is 2. The molecular weight excluding hydrogens is 248 g/mol. The minimum absolute atomic E-state index is 0.0327. The van der Waals surface area contributed by atoms with Gasteiger partial charge in [-0.1, -0.05) is 11.2 Å². The Bertz CT molecular complexity index is 504. The number of pyridine rings is 1. The predicted octanol–water partition coefficient (Wildman–Crippen LogP) is -0.0226. The Hall–Kier alpha value is -2.15. The second-order valence-electron chi connectivity index (χ2n) is 4.30. The summed E-state index contributed by atoms with van der Waals surface area (Å²) < 4.78 is 5.34. The Labute approximate surface area is 110 Å². The van der Waals surface area contributed by atoms with Gasteiger partial charge in [0.05, 0.1) is 13.2 Å². The molecule has 2 heterocycles. The molecule has 1 amide bonds. The summed E-state index contributed by atoms with van der Waals surface area (Å²) in [6, 6.07) is 5.29. The van der Waals surface area contributed by atoms with Gasteiger partial charge in [-0.15, -0.1) is 0 Å². The minimum atomic E-state index is -0.576. The van der Waals surface area contributed by atoms with E-state index in [1.807, 2.05) is 13.0 Å². The summed E-state index contributed by atoms with van der Waals surface area (Å²) in [5.41, 5.74) is 6.67. The van der Waals surface area contributed by atoms with Crippen LogP contribution >= 0.6 is 0 Å². The number of nitrogens with two attached hydrogens (primary N) is 1. The molecule has 1 aliphatic rings. The maximum absolute atomic E-state index is 12.3. The van der Waals surface area contributed by atoms with Gasteiger partial charge in [-0.3, -0.25) is 4.79 Å². The van der Waals surface area contributed by atoms with E-state index in [1.165, 1.54) is 0 Å². The van der Waals surface area contributed by atoms with Gasteiger partial charge >= 0.3 is 0 Å². The fraction of sp³-hybridized carbons (Fsp3) is 0.417.